The van der Waals surface area contributed by atoms with E-state index in [1.165, 1.54) is 34.1 Å². The molecule has 2 aliphatic rings. The molecule has 0 saturated carbocycles. The second-order valence-corrected chi connectivity index (χ2v) is 20.0. The first-order valence-corrected chi connectivity index (χ1v) is 24.7. The first-order chi connectivity index (χ1) is 34.5. The molecule has 3 aromatic rings. The number of hydrogen-bond acceptors (Lipinski definition) is 11. The minimum absolute atomic E-state index is 0. The fraction of sp³-hybridized carbons (Fsp3) is 0.491. The number of likely N-dealkylation sites (N-methyl/N-ethyl adjacent to an activating group) is 2. The maximum absolute atomic E-state index is 14.5. The molecule has 20 nitrogen and oxygen atoms in total. The van der Waals surface area contributed by atoms with Gasteiger partial charge in [0.15, 0.2) is 0 Å². The zero-order valence-electron chi connectivity index (χ0n) is 43.9. The Balaban J connectivity index is 0.00000741. The van der Waals surface area contributed by atoms with Crippen molar-refractivity contribution in [1.82, 2.24) is 52.3 Å². The van der Waals surface area contributed by atoms with Crippen LogP contribution in [0.5, 0.6) is 0 Å². The molecule has 0 aliphatic carbocycles. The van der Waals surface area contributed by atoms with Crippen molar-refractivity contribution >= 4 is 78.0 Å². The minimum atomic E-state index is -1.30. The van der Waals surface area contributed by atoms with E-state index in [2.05, 4.69) is 42.5 Å². The van der Waals surface area contributed by atoms with E-state index in [-0.39, 0.29) is 68.3 Å². The summed E-state index contributed by atoms with van der Waals surface area (Å²) in [5.74, 6) is -5.49. The van der Waals surface area contributed by atoms with E-state index in [9.17, 15) is 48.3 Å². The molecule has 410 valence electrons. The van der Waals surface area contributed by atoms with Gasteiger partial charge in [0, 0.05) is 42.7 Å². The molecular formula is C53H74Cl2N10O10. The summed E-state index contributed by atoms with van der Waals surface area (Å²) in [4.78, 5) is 125. The Labute approximate surface area is 451 Å². The maximum atomic E-state index is 14.5. The molecule has 22 heteroatoms. The lowest BCUT2D eigenvalue weighted by Crippen LogP contribution is -2.59. The number of amides is 8. The zero-order chi connectivity index (χ0) is 53.7. The first kappa shape index (κ1) is 62.7. The molecule has 75 heavy (non-hydrogen) atoms. The number of likely N-dealkylation sites (tertiary alicyclic amines) is 2. The summed E-state index contributed by atoms with van der Waals surface area (Å²) >= 11 is 0. The largest absolute Gasteiger partial charge is 0.481 e. The normalized spacial score (nSPS) is 19.5. The third kappa shape index (κ3) is 16.9. The van der Waals surface area contributed by atoms with Gasteiger partial charge in [-0.05, 0) is 95.8 Å². The number of rotatable bonds is 21. The molecule has 2 saturated heterocycles. The van der Waals surface area contributed by atoms with Crippen molar-refractivity contribution in [3.8, 4) is 0 Å². The van der Waals surface area contributed by atoms with Crippen LogP contribution in [-0.2, 0) is 33.6 Å². The number of benzene rings is 3. The number of hydrogen-bond donors (Lipinski definition) is 9. The van der Waals surface area contributed by atoms with Crippen molar-refractivity contribution in [2.75, 3.05) is 27.2 Å². The Hall–Kier alpha value is -6.61. The summed E-state index contributed by atoms with van der Waals surface area (Å²) in [5.41, 5.74) is 1.06. The van der Waals surface area contributed by atoms with E-state index in [1.54, 1.807) is 34.9 Å². The summed E-state index contributed by atoms with van der Waals surface area (Å²) in [6.07, 6.45) is -0.676. The van der Waals surface area contributed by atoms with E-state index in [4.69, 9.17) is 0 Å². The van der Waals surface area contributed by atoms with Gasteiger partial charge in [0.1, 0.15) is 24.2 Å². The third-order valence-corrected chi connectivity index (χ3v) is 13.5. The van der Waals surface area contributed by atoms with Crippen LogP contribution in [0.15, 0.2) is 84.9 Å². The highest BCUT2D eigenvalue weighted by Crippen LogP contribution is 2.28. The van der Waals surface area contributed by atoms with Gasteiger partial charge in [-0.3, -0.25) is 43.2 Å². The number of nitrogens with one attached hydrogen (secondary N) is 8. The summed E-state index contributed by atoms with van der Waals surface area (Å²) in [5, 5.41) is 32.5. The standard InChI is InChI=1S/C53H72N10O10.2ClH/c1-30(34-17-12-10-13-18-34)56-49(70)41-26-38(28-62(41)51(72)40(23-24-43(64)65)60-45(66)32(3)54-8)58-47(68)36-21-16-22-37(25-36)48(69)59-39-27-42(50(71)57-31(2)35-19-14-11-15-20-35)63(29-39)52(73)44(53(5,6)7)61-46(67)33(4)55-9;;/h10-22,25,30-33,38-42,44,54-55H,23-24,26-29H2,1-9H3,(H,56,70)(H,57,71)(H,58,68)(H,59,69)(H,60,66)(H,61,67)(H,64,65);2*1H/t30-,31-,32+,33+,38+,39+,40+,41+,42+,44-;;/m1../s1. The van der Waals surface area contributed by atoms with E-state index in [0.717, 1.165) is 11.1 Å². The molecule has 0 bridgehead atoms. The van der Waals surface area contributed by atoms with Gasteiger partial charge in [-0.1, -0.05) is 87.5 Å². The number of carbonyl (C=O) groups is 9. The highest BCUT2D eigenvalue weighted by Gasteiger charge is 2.46. The summed E-state index contributed by atoms with van der Waals surface area (Å²) < 4.78 is 0. The smallest absolute Gasteiger partial charge is 0.303 e. The average Bonchev–Trinajstić information content (AvgIpc) is 4.00. The van der Waals surface area contributed by atoms with Crippen LogP contribution in [0.4, 0.5) is 0 Å². The van der Waals surface area contributed by atoms with Crippen LogP contribution >= 0.6 is 24.8 Å². The van der Waals surface area contributed by atoms with E-state index < -0.39 is 125 Å². The molecule has 8 amide bonds. The Kier molecular flexibility index (Phi) is 23.7. The predicted octanol–water partition coefficient (Wildman–Crippen LogP) is 2.78. The molecule has 9 N–H and O–H groups in total. The van der Waals surface area contributed by atoms with Crippen molar-refractivity contribution in [1.29, 1.82) is 0 Å². The van der Waals surface area contributed by atoms with Crippen molar-refractivity contribution < 1.29 is 48.3 Å². The zero-order valence-corrected chi connectivity index (χ0v) is 45.6. The lowest BCUT2D eigenvalue weighted by atomic mass is 9.85. The minimum Gasteiger partial charge on any atom is -0.481 e. The van der Waals surface area contributed by atoms with Gasteiger partial charge in [-0.25, -0.2) is 0 Å². The predicted molar refractivity (Wildman–Crippen MR) is 287 cm³/mol. The van der Waals surface area contributed by atoms with Crippen molar-refractivity contribution in [3.63, 3.8) is 0 Å². The molecule has 10 atom stereocenters. The van der Waals surface area contributed by atoms with Gasteiger partial charge in [-0.15, -0.1) is 24.8 Å². The van der Waals surface area contributed by atoms with E-state index in [0.29, 0.717) is 0 Å². The van der Waals surface area contributed by atoms with E-state index >= 15 is 0 Å². The summed E-state index contributed by atoms with van der Waals surface area (Å²) in [6, 6.07) is 16.2. The van der Waals surface area contributed by atoms with Gasteiger partial charge < -0.3 is 57.4 Å². The SMILES string of the molecule is CN[C@@H](C)C(=O)N[C@@H](CCC(=O)O)C(=O)N1C[C@@H](NC(=O)c2cccc(C(=O)N[C@H]3C[C@@H](C(=O)N[C@H](C)c4ccccc4)N(C(=O)[C@@H](NC(=O)[C@H](C)NC)C(C)(C)C)C3)c2)C[C@H]1C(=O)N[C@H](C)c1ccccc1.Cl.Cl. The number of carbonyl (C=O) groups excluding carboxylic acids is 8. The molecular weight excluding hydrogens is 1010 g/mol. The monoisotopic (exact) mass is 1080 g/mol. The molecule has 0 spiro atoms. The van der Waals surface area contributed by atoms with Crippen LogP contribution in [-0.4, -0.2) is 144 Å². The topological polar surface area (TPSA) is 277 Å². The maximum Gasteiger partial charge on any atom is 0.303 e. The van der Waals surface area contributed by atoms with Gasteiger partial charge >= 0.3 is 5.97 Å². The van der Waals surface area contributed by atoms with Crippen LogP contribution in [0.1, 0.15) is 118 Å². The summed E-state index contributed by atoms with van der Waals surface area (Å²) in [7, 11) is 3.18. The van der Waals surface area contributed by atoms with Gasteiger partial charge in [0.25, 0.3) is 11.8 Å². The third-order valence-electron chi connectivity index (χ3n) is 13.5. The number of nitrogens with zero attached hydrogens (tertiary/aromatic N) is 2. The van der Waals surface area contributed by atoms with Crippen LogP contribution in [0.2, 0.25) is 0 Å². The molecule has 5 rings (SSSR count). The lowest BCUT2D eigenvalue weighted by Gasteiger charge is -2.36. The van der Waals surface area contributed by atoms with Crippen LogP contribution in [0.3, 0.4) is 0 Å². The van der Waals surface area contributed by atoms with E-state index in [1.807, 2.05) is 88.4 Å². The molecule has 0 unspecified atom stereocenters. The van der Waals surface area contributed by atoms with Crippen LogP contribution in [0, 0.1) is 5.41 Å². The van der Waals surface area contributed by atoms with Gasteiger partial charge in [0.05, 0.1) is 24.2 Å². The lowest BCUT2D eigenvalue weighted by molar-refractivity contribution is -0.144. The molecule has 2 aliphatic heterocycles. The highest BCUT2D eigenvalue weighted by molar-refractivity contribution is 6.01. The average molecular weight is 1080 g/mol. The number of carboxylic acid groups (broad SMARTS) is 1. The Bertz CT molecular complexity index is 2480. The van der Waals surface area contributed by atoms with Crippen molar-refractivity contribution in [2.24, 2.45) is 5.41 Å². The second-order valence-electron chi connectivity index (χ2n) is 20.0. The number of carboxylic acids is 1. The number of aliphatic carboxylic acids is 1. The Morgan fingerprint density at radius 1 is 0.587 bits per heavy atom. The summed E-state index contributed by atoms with van der Waals surface area (Å²) in [6.45, 7) is 12.1. The molecule has 2 heterocycles. The first-order valence-electron chi connectivity index (χ1n) is 24.7. The molecule has 0 aromatic heterocycles. The van der Waals surface area contributed by atoms with Gasteiger partial charge in [-0.2, -0.15) is 0 Å². The van der Waals surface area contributed by atoms with Crippen LogP contribution < -0.4 is 42.5 Å². The second kappa shape index (κ2) is 28.3. The van der Waals surface area contributed by atoms with Crippen LogP contribution in [0.25, 0.3) is 0 Å². The molecule has 3 aromatic carbocycles. The van der Waals surface area contributed by atoms with Crippen molar-refractivity contribution in [3.05, 3.63) is 107 Å². The Morgan fingerprint density at radius 3 is 1.40 bits per heavy atom. The Morgan fingerprint density at radius 2 is 1.00 bits per heavy atom. The molecule has 0 radical (unpaired) electrons. The fourth-order valence-electron chi connectivity index (χ4n) is 8.84. The highest BCUT2D eigenvalue weighted by atomic mass is 35.5. The van der Waals surface area contributed by atoms with Gasteiger partial charge in [0.2, 0.25) is 35.4 Å². The molecule has 2 fully saturated rings. The fourth-order valence-corrected chi connectivity index (χ4v) is 8.84. The quantitative estimate of drug-likeness (QED) is 0.0746. The van der Waals surface area contributed by atoms with Crippen molar-refractivity contribution in [2.45, 2.75) is 135 Å². The number of halogens is 2.